The van der Waals surface area contributed by atoms with Crippen LogP contribution in [0.5, 0.6) is 0 Å². The average molecular weight is 585 g/mol. The number of para-hydroxylation sites is 3. The number of nitrogens with zero attached hydrogens (tertiary/aromatic N) is 4. The van der Waals surface area contributed by atoms with Crippen LogP contribution in [0.4, 0.5) is 11.4 Å². The van der Waals surface area contributed by atoms with Crippen molar-refractivity contribution in [1.29, 1.82) is 0 Å². The zero-order valence-corrected chi connectivity index (χ0v) is 24.6. The molecule has 2 heterocycles. The number of hydrogen-bond donors (Lipinski definition) is 0. The molecule has 0 fully saturated rings. The number of rotatable bonds is 7. The molecule has 44 heavy (non-hydrogen) atoms. The Labute approximate surface area is 256 Å². The lowest BCUT2D eigenvalue weighted by Gasteiger charge is -2.35. The van der Waals surface area contributed by atoms with Gasteiger partial charge in [0.25, 0.3) is 11.8 Å². The number of aromatic nitrogens is 2. The van der Waals surface area contributed by atoms with Gasteiger partial charge in [-0.25, -0.2) is 9.48 Å². The minimum atomic E-state index is -0.758. The molecule has 0 aliphatic carbocycles. The molecule has 0 N–H and O–H groups in total. The van der Waals surface area contributed by atoms with Crippen molar-refractivity contribution in [3.63, 3.8) is 0 Å². The van der Waals surface area contributed by atoms with Gasteiger partial charge in [0.05, 0.1) is 17.9 Å². The van der Waals surface area contributed by atoms with Crippen LogP contribution in [0.25, 0.3) is 5.69 Å². The molecule has 0 spiro atoms. The van der Waals surface area contributed by atoms with E-state index >= 15 is 0 Å². The van der Waals surface area contributed by atoms with Gasteiger partial charge in [0, 0.05) is 30.0 Å². The summed E-state index contributed by atoms with van der Waals surface area (Å²) in [6.07, 6.45) is 0.372. The van der Waals surface area contributed by atoms with Gasteiger partial charge in [0.15, 0.2) is 5.69 Å². The highest BCUT2D eigenvalue weighted by atomic mass is 16.5. The van der Waals surface area contributed by atoms with Crippen molar-refractivity contribution in [1.82, 2.24) is 14.7 Å². The minimum absolute atomic E-state index is 0.224. The lowest BCUT2D eigenvalue weighted by molar-refractivity contribution is -0.149. The normalized spacial score (nSPS) is 14.0. The lowest BCUT2D eigenvalue weighted by atomic mass is 9.93. The highest BCUT2D eigenvalue weighted by Crippen LogP contribution is 2.30. The molecule has 4 aromatic carbocycles. The number of amides is 2. The van der Waals surface area contributed by atoms with Crippen LogP contribution in [-0.4, -0.2) is 45.1 Å². The maximum atomic E-state index is 14.3. The number of benzene rings is 4. The fraction of sp³-hybridized carbons (Fsp3) is 0.167. The summed E-state index contributed by atoms with van der Waals surface area (Å²) in [5.41, 5.74) is 5.23. The van der Waals surface area contributed by atoms with Crippen LogP contribution in [0.15, 0.2) is 115 Å². The number of carbonyl (C=O) groups is 3. The van der Waals surface area contributed by atoms with Crippen LogP contribution in [0, 0.1) is 6.92 Å². The summed E-state index contributed by atoms with van der Waals surface area (Å²) in [6, 6.07) is 34.7. The molecule has 0 radical (unpaired) electrons. The van der Waals surface area contributed by atoms with Crippen LogP contribution >= 0.6 is 0 Å². The first-order chi connectivity index (χ1) is 21.5. The van der Waals surface area contributed by atoms with Gasteiger partial charge in [-0.3, -0.25) is 14.5 Å². The van der Waals surface area contributed by atoms with E-state index in [0.29, 0.717) is 34.7 Å². The second kappa shape index (κ2) is 12.4. The van der Waals surface area contributed by atoms with Crippen molar-refractivity contribution in [2.75, 3.05) is 11.5 Å². The Morgan fingerprint density at radius 2 is 1.41 bits per heavy atom. The van der Waals surface area contributed by atoms with Crippen molar-refractivity contribution in [3.05, 3.63) is 143 Å². The predicted molar refractivity (Wildman–Crippen MR) is 168 cm³/mol. The molecule has 0 saturated carbocycles. The molecule has 6 rings (SSSR count). The first kappa shape index (κ1) is 28.6. The standard InChI is InChI=1S/C36H32N4O4/c1-3-44-36(43)33-23-26-14-10-11-15-27(26)24-38(33)34(41)30-20-12-13-21-32(30)40-25(2)22-31(37-40)35(42)39(28-16-6-4-7-17-28)29-18-8-5-9-19-29/h4-22,33H,3,23-24H2,1-2H3/t33-/m0/s1. The quantitative estimate of drug-likeness (QED) is 0.210. The Morgan fingerprint density at radius 1 is 0.818 bits per heavy atom. The van der Waals surface area contributed by atoms with Crippen LogP contribution in [0.2, 0.25) is 0 Å². The monoisotopic (exact) mass is 584 g/mol. The molecular weight excluding hydrogens is 552 g/mol. The van der Waals surface area contributed by atoms with Gasteiger partial charge in [-0.15, -0.1) is 0 Å². The van der Waals surface area contributed by atoms with E-state index in [1.807, 2.05) is 97.9 Å². The van der Waals surface area contributed by atoms with Crippen LogP contribution < -0.4 is 4.90 Å². The molecule has 220 valence electrons. The summed E-state index contributed by atoms with van der Waals surface area (Å²) in [4.78, 5) is 44.6. The number of aryl methyl sites for hydroxylation is 1. The van der Waals surface area contributed by atoms with Crippen LogP contribution in [-0.2, 0) is 22.5 Å². The number of fused-ring (bicyclic) bond motifs is 1. The van der Waals surface area contributed by atoms with E-state index in [1.54, 1.807) is 45.7 Å². The molecule has 0 saturated heterocycles. The maximum absolute atomic E-state index is 14.3. The minimum Gasteiger partial charge on any atom is -0.464 e. The van der Waals surface area contributed by atoms with E-state index in [4.69, 9.17) is 9.84 Å². The summed E-state index contributed by atoms with van der Waals surface area (Å²) in [6.45, 7) is 4.10. The number of carbonyl (C=O) groups excluding carboxylic acids is 3. The Hall–Kier alpha value is -5.50. The van der Waals surface area contributed by atoms with Gasteiger partial charge in [-0.2, -0.15) is 5.10 Å². The summed E-state index contributed by atoms with van der Waals surface area (Å²) < 4.78 is 7.00. The molecule has 1 atom stereocenters. The molecule has 1 aliphatic rings. The van der Waals surface area contributed by atoms with E-state index in [-0.39, 0.29) is 30.7 Å². The Balaban J connectivity index is 1.37. The highest BCUT2D eigenvalue weighted by molar-refractivity contribution is 6.10. The second-order valence-corrected chi connectivity index (χ2v) is 10.6. The number of anilines is 2. The van der Waals surface area contributed by atoms with E-state index in [1.165, 1.54) is 0 Å². The third-order valence-corrected chi connectivity index (χ3v) is 7.77. The van der Waals surface area contributed by atoms with Gasteiger partial charge in [-0.05, 0) is 67.4 Å². The predicted octanol–water partition coefficient (Wildman–Crippen LogP) is 6.29. The van der Waals surface area contributed by atoms with E-state index in [2.05, 4.69) is 0 Å². The molecule has 2 amide bonds. The first-order valence-corrected chi connectivity index (χ1v) is 14.6. The summed E-state index contributed by atoms with van der Waals surface area (Å²) in [7, 11) is 0. The SMILES string of the molecule is CCOC(=O)[C@@H]1Cc2ccccc2CN1C(=O)c1ccccc1-n1nc(C(=O)N(c2ccccc2)c2ccccc2)cc1C. The smallest absolute Gasteiger partial charge is 0.329 e. The molecule has 8 heteroatoms. The third kappa shape index (κ3) is 5.49. The fourth-order valence-electron chi connectivity index (χ4n) is 5.65. The van der Waals surface area contributed by atoms with Gasteiger partial charge in [0.1, 0.15) is 6.04 Å². The maximum Gasteiger partial charge on any atom is 0.329 e. The van der Waals surface area contributed by atoms with Crippen molar-refractivity contribution >= 4 is 29.2 Å². The Kier molecular flexibility index (Phi) is 8.06. The van der Waals surface area contributed by atoms with Gasteiger partial charge < -0.3 is 9.64 Å². The lowest BCUT2D eigenvalue weighted by Crippen LogP contribution is -2.49. The van der Waals surface area contributed by atoms with Crippen molar-refractivity contribution in [2.45, 2.75) is 32.9 Å². The second-order valence-electron chi connectivity index (χ2n) is 10.6. The number of ether oxygens (including phenoxy) is 1. The summed E-state index contributed by atoms with van der Waals surface area (Å²) in [5.74, 6) is -1.05. The molecule has 0 bridgehead atoms. The zero-order valence-electron chi connectivity index (χ0n) is 24.6. The van der Waals surface area contributed by atoms with Gasteiger partial charge >= 0.3 is 5.97 Å². The summed E-state index contributed by atoms with van der Waals surface area (Å²) >= 11 is 0. The molecule has 1 aliphatic heterocycles. The van der Waals surface area contributed by atoms with Crippen molar-refractivity contribution < 1.29 is 19.1 Å². The number of hydrogen-bond acceptors (Lipinski definition) is 5. The van der Waals surface area contributed by atoms with Crippen LogP contribution in [0.1, 0.15) is 44.6 Å². The van der Waals surface area contributed by atoms with Gasteiger partial charge in [0.2, 0.25) is 0 Å². The molecule has 1 aromatic heterocycles. The zero-order chi connectivity index (χ0) is 30.6. The van der Waals surface area contributed by atoms with Gasteiger partial charge in [-0.1, -0.05) is 72.8 Å². The Morgan fingerprint density at radius 3 is 2.07 bits per heavy atom. The van der Waals surface area contributed by atoms with E-state index in [0.717, 1.165) is 11.1 Å². The van der Waals surface area contributed by atoms with E-state index < -0.39 is 12.0 Å². The van der Waals surface area contributed by atoms with Crippen molar-refractivity contribution in [3.8, 4) is 5.69 Å². The largest absolute Gasteiger partial charge is 0.464 e. The first-order valence-electron chi connectivity index (χ1n) is 14.6. The molecular formula is C36H32N4O4. The topological polar surface area (TPSA) is 84.7 Å². The van der Waals surface area contributed by atoms with E-state index in [9.17, 15) is 14.4 Å². The average Bonchev–Trinajstić information content (AvgIpc) is 3.46. The fourth-order valence-corrected chi connectivity index (χ4v) is 5.65. The number of esters is 1. The third-order valence-electron chi connectivity index (χ3n) is 7.77. The van der Waals surface area contributed by atoms with Crippen molar-refractivity contribution in [2.24, 2.45) is 0 Å². The Bertz CT molecular complexity index is 1780. The van der Waals surface area contributed by atoms with Crippen LogP contribution in [0.3, 0.4) is 0 Å². The molecule has 5 aromatic rings. The summed E-state index contributed by atoms with van der Waals surface area (Å²) in [5, 5.41) is 4.72. The molecule has 0 unspecified atom stereocenters. The highest BCUT2D eigenvalue weighted by Gasteiger charge is 2.37. The molecule has 8 nitrogen and oxygen atoms in total.